The predicted octanol–water partition coefficient (Wildman–Crippen LogP) is 5.70. The van der Waals surface area contributed by atoms with E-state index in [0.29, 0.717) is 26.4 Å². The maximum atomic E-state index is 13.2. The zero-order valence-electron chi connectivity index (χ0n) is 17.8. The van der Waals surface area contributed by atoms with Gasteiger partial charge in [0.1, 0.15) is 0 Å². The summed E-state index contributed by atoms with van der Waals surface area (Å²) in [4.78, 5) is 19.5. The lowest BCUT2D eigenvalue weighted by Gasteiger charge is -2.42. The van der Waals surface area contributed by atoms with E-state index in [0.717, 1.165) is 6.54 Å². The molecule has 0 atom stereocenters. The fourth-order valence-corrected chi connectivity index (χ4v) is 3.95. The third-order valence-corrected chi connectivity index (χ3v) is 5.54. The van der Waals surface area contributed by atoms with Crippen LogP contribution in [0.5, 0.6) is 0 Å². The molecule has 3 rings (SSSR count). The third kappa shape index (κ3) is 6.90. The minimum Gasteiger partial charge on any atom is -0.307 e. The number of hydrogen-bond donors (Lipinski definition) is 0. The molecule has 1 aliphatic rings. The van der Waals surface area contributed by atoms with Gasteiger partial charge in [-0.1, -0.05) is 99.7 Å². The van der Waals surface area contributed by atoms with Gasteiger partial charge in [-0.05, 0) is 17.5 Å². The van der Waals surface area contributed by atoms with E-state index in [-0.39, 0.29) is 6.03 Å². The number of nitrogens with zero attached hydrogens (tertiary/aromatic N) is 3. The molecule has 4 nitrogen and oxygen atoms in total. The Morgan fingerprint density at radius 3 is 1.69 bits per heavy atom. The lowest BCUT2D eigenvalue weighted by molar-refractivity contribution is 0.0258. The first-order valence-electron chi connectivity index (χ1n) is 11.1. The molecule has 1 aliphatic heterocycles. The van der Waals surface area contributed by atoms with E-state index in [1.165, 1.54) is 49.7 Å². The fraction of sp³-hybridized carbons (Fsp3) is 0.480. The molecule has 4 heteroatoms. The molecule has 1 fully saturated rings. The van der Waals surface area contributed by atoms with Crippen LogP contribution < -0.4 is 0 Å². The highest BCUT2D eigenvalue weighted by molar-refractivity contribution is 5.75. The summed E-state index contributed by atoms with van der Waals surface area (Å²) in [5, 5.41) is 0. The molecule has 2 aromatic carbocycles. The highest BCUT2D eigenvalue weighted by Gasteiger charge is 2.29. The second kappa shape index (κ2) is 11.6. The van der Waals surface area contributed by atoms with E-state index in [4.69, 9.17) is 0 Å². The Labute approximate surface area is 176 Å². The fourth-order valence-electron chi connectivity index (χ4n) is 3.95. The molecule has 0 bridgehead atoms. The molecule has 0 unspecified atom stereocenters. The number of amides is 2. The number of hydrogen-bond acceptors (Lipinski definition) is 2. The van der Waals surface area contributed by atoms with Crippen molar-refractivity contribution in [3.05, 3.63) is 71.8 Å². The Kier molecular flexibility index (Phi) is 8.57. The molecule has 29 heavy (non-hydrogen) atoms. The topological polar surface area (TPSA) is 26.8 Å². The normalized spacial score (nSPS) is 15.1. The molecule has 0 aliphatic carbocycles. The summed E-state index contributed by atoms with van der Waals surface area (Å²) in [7, 11) is 0. The van der Waals surface area contributed by atoms with Gasteiger partial charge in [0.05, 0.1) is 13.3 Å². The summed E-state index contributed by atoms with van der Waals surface area (Å²) < 4.78 is 0. The average Bonchev–Trinajstić information content (AvgIpc) is 2.75. The van der Waals surface area contributed by atoms with Crippen LogP contribution in [0.3, 0.4) is 0 Å². The number of unbranched alkanes of at least 4 members (excludes halogenated alkanes) is 5. The highest BCUT2D eigenvalue weighted by atomic mass is 16.2. The Bertz CT molecular complexity index is 666. The van der Waals surface area contributed by atoms with Gasteiger partial charge in [0.2, 0.25) is 0 Å². The van der Waals surface area contributed by atoms with Crippen molar-refractivity contribution in [1.82, 2.24) is 14.7 Å². The van der Waals surface area contributed by atoms with Gasteiger partial charge in [-0.2, -0.15) is 0 Å². The van der Waals surface area contributed by atoms with Crippen molar-refractivity contribution in [2.45, 2.75) is 58.5 Å². The number of benzene rings is 2. The van der Waals surface area contributed by atoms with Gasteiger partial charge in [-0.3, -0.25) is 4.90 Å². The summed E-state index contributed by atoms with van der Waals surface area (Å²) in [5.41, 5.74) is 2.36. The number of carbonyl (C=O) groups excluding carboxylic acids is 1. The number of urea groups is 1. The standard InChI is InChI=1S/C25H35N3O/c1-2-3-4-5-6-13-18-26-21-27(19-23-14-9-7-10-15-23)25(29)28(22-26)20-24-16-11-8-12-17-24/h7-12,14-17H,2-6,13,18-22H2,1H3. The molecule has 1 saturated heterocycles. The zero-order valence-corrected chi connectivity index (χ0v) is 17.8. The molecule has 0 saturated carbocycles. The lowest BCUT2D eigenvalue weighted by Crippen LogP contribution is -2.57. The first kappa shape index (κ1) is 21.4. The first-order chi connectivity index (χ1) is 14.3. The van der Waals surface area contributed by atoms with E-state index < -0.39 is 0 Å². The largest absolute Gasteiger partial charge is 0.322 e. The van der Waals surface area contributed by atoms with Crippen molar-refractivity contribution < 1.29 is 4.79 Å². The van der Waals surface area contributed by atoms with Gasteiger partial charge in [0.15, 0.2) is 0 Å². The second-order valence-electron chi connectivity index (χ2n) is 8.09. The van der Waals surface area contributed by atoms with Gasteiger partial charge in [-0.15, -0.1) is 0 Å². The molecule has 156 valence electrons. The minimum absolute atomic E-state index is 0.136. The molecular formula is C25H35N3O. The van der Waals surface area contributed by atoms with E-state index >= 15 is 0 Å². The summed E-state index contributed by atoms with van der Waals surface area (Å²) >= 11 is 0. The van der Waals surface area contributed by atoms with Gasteiger partial charge >= 0.3 is 6.03 Å². The summed E-state index contributed by atoms with van der Waals surface area (Å²) in [6.07, 6.45) is 7.78. The van der Waals surface area contributed by atoms with Gasteiger partial charge in [-0.25, -0.2) is 4.79 Å². The number of rotatable bonds is 11. The first-order valence-corrected chi connectivity index (χ1v) is 11.1. The molecule has 1 heterocycles. The smallest absolute Gasteiger partial charge is 0.307 e. The molecule has 0 spiro atoms. The van der Waals surface area contributed by atoms with Crippen molar-refractivity contribution in [2.24, 2.45) is 0 Å². The van der Waals surface area contributed by atoms with E-state index in [1.807, 2.05) is 46.2 Å². The van der Waals surface area contributed by atoms with Crippen molar-refractivity contribution in [1.29, 1.82) is 0 Å². The zero-order chi connectivity index (χ0) is 20.3. The Morgan fingerprint density at radius 1 is 0.690 bits per heavy atom. The Balaban J connectivity index is 1.61. The predicted molar refractivity (Wildman–Crippen MR) is 119 cm³/mol. The Morgan fingerprint density at radius 2 is 1.17 bits per heavy atom. The number of carbonyl (C=O) groups is 1. The quantitative estimate of drug-likeness (QED) is 0.458. The van der Waals surface area contributed by atoms with E-state index in [1.54, 1.807) is 0 Å². The van der Waals surface area contributed by atoms with Crippen LogP contribution in [0.4, 0.5) is 4.79 Å². The third-order valence-electron chi connectivity index (χ3n) is 5.54. The van der Waals surface area contributed by atoms with Crippen LogP contribution in [0.25, 0.3) is 0 Å². The van der Waals surface area contributed by atoms with Gasteiger partial charge < -0.3 is 9.80 Å². The molecule has 0 radical (unpaired) electrons. The highest BCUT2D eigenvalue weighted by Crippen LogP contribution is 2.18. The molecule has 0 aromatic heterocycles. The van der Waals surface area contributed by atoms with Crippen LogP contribution in [-0.2, 0) is 13.1 Å². The van der Waals surface area contributed by atoms with Crippen LogP contribution in [0.15, 0.2) is 60.7 Å². The van der Waals surface area contributed by atoms with Crippen LogP contribution in [0, 0.1) is 0 Å². The van der Waals surface area contributed by atoms with Gasteiger partial charge in [0, 0.05) is 19.6 Å². The molecule has 0 N–H and O–H groups in total. The van der Waals surface area contributed by atoms with E-state index in [9.17, 15) is 4.79 Å². The van der Waals surface area contributed by atoms with Crippen LogP contribution in [0.2, 0.25) is 0 Å². The van der Waals surface area contributed by atoms with Crippen LogP contribution >= 0.6 is 0 Å². The summed E-state index contributed by atoms with van der Waals surface area (Å²) in [6.45, 7) is 6.07. The van der Waals surface area contributed by atoms with Crippen molar-refractivity contribution in [2.75, 3.05) is 19.9 Å². The molecule has 2 amide bonds. The maximum absolute atomic E-state index is 13.2. The van der Waals surface area contributed by atoms with E-state index in [2.05, 4.69) is 36.1 Å². The SMILES string of the molecule is CCCCCCCCN1CN(Cc2ccccc2)C(=O)N(Cc2ccccc2)C1. The van der Waals surface area contributed by atoms with Gasteiger partial charge in [0.25, 0.3) is 0 Å². The minimum atomic E-state index is 0.136. The maximum Gasteiger partial charge on any atom is 0.322 e. The summed E-state index contributed by atoms with van der Waals surface area (Å²) in [5.74, 6) is 0. The van der Waals surface area contributed by atoms with Crippen molar-refractivity contribution in [3.8, 4) is 0 Å². The molecule has 2 aromatic rings. The van der Waals surface area contributed by atoms with Crippen molar-refractivity contribution >= 4 is 6.03 Å². The van der Waals surface area contributed by atoms with Crippen molar-refractivity contribution in [3.63, 3.8) is 0 Å². The lowest BCUT2D eigenvalue weighted by atomic mass is 10.1. The average molecular weight is 394 g/mol. The second-order valence-corrected chi connectivity index (χ2v) is 8.09. The van der Waals surface area contributed by atoms with Crippen LogP contribution in [0.1, 0.15) is 56.6 Å². The monoisotopic (exact) mass is 393 g/mol. The Hall–Kier alpha value is -2.33. The van der Waals surface area contributed by atoms with Crippen LogP contribution in [-0.4, -0.2) is 40.6 Å². The molecular weight excluding hydrogens is 358 g/mol. The summed E-state index contributed by atoms with van der Waals surface area (Å²) in [6, 6.07) is 20.7.